The largest absolute Gasteiger partial charge is 0.466 e. The third-order valence-corrected chi connectivity index (χ3v) is 4.20. The highest BCUT2D eigenvalue weighted by Gasteiger charge is 2.28. The van der Waals surface area contributed by atoms with Crippen molar-refractivity contribution in [3.63, 3.8) is 0 Å². The van der Waals surface area contributed by atoms with Gasteiger partial charge < -0.3 is 4.74 Å². The average Bonchev–Trinajstić information content (AvgIpc) is 2.57. The SMILES string of the molecule is CCOC(=O)Cc1nc2c(s1)CC(C)(C)CC2. The Morgan fingerprint density at radius 2 is 2.29 bits per heavy atom. The van der Waals surface area contributed by atoms with E-state index in [2.05, 4.69) is 18.8 Å². The molecule has 0 aliphatic heterocycles. The number of hydrogen-bond acceptors (Lipinski definition) is 4. The normalized spacial score (nSPS) is 17.6. The molecule has 0 bridgehead atoms. The zero-order chi connectivity index (χ0) is 12.5. The van der Waals surface area contributed by atoms with Gasteiger partial charge in [0, 0.05) is 4.88 Å². The van der Waals surface area contributed by atoms with Crippen LogP contribution in [0.1, 0.15) is 42.8 Å². The second-order valence-corrected chi connectivity index (χ2v) is 6.47. The van der Waals surface area contributed by atoms with Gasteiger partial charge in [-0.05, 0) is 31.6 Å². The fourth-order valence-corrected chi connectivity index (χ4v) is 3.52. The zero-order valence-electron chi connectivity index (χ0n) is 10.7. The van der Waals surface area contributed by atoms with Crippen molar-refractivity contribution in [2.45, 2.75) is 46.5 Å². The number of carbonyl (C=O) groups excluding carboxylic acids is 1. The minimum atomic E-state index is -0.169. The third-order valence-electron chi connectivity index (χ3n) is 3.10. The molecule has 1 aromatic heterocycles. The first-order chi connectivity index (χ1) is 8.00. The summed E-state index contributed by atoms with van der Waals surface area (Å²) in [4.78, 5) is 17.3. The maximum Gasteiger partial charge on any atom is 0.312 e. The summed E-state index contributed by atoms with van der Waals surface area (Å²) in [6.07, 6.45) is 3.64. The van der Waals surface area contributed by atoms with Crippen LogP contribution in [0.5, 0.6) is 0 Å². The third kappa shape index (κ3) is 3.06. The second-order valence-electron chi connectivity index (χ2n) is 5.30. The Morgan fingerprint density at radius 1 is 1.53 bits per heavy atom. The smallest absolute Gasteiger partial charge is 0.312 e. The van der Waals surface area contributed by atoms with E-state index in [4.69, 9.17) is 4.74 Å². The molecule has 94 valence electrons. The lowest BCUT2D eigenvalue weighted by molar-refractivity contribution is -0.142. The zero-order valence-corrected chi connectivity index (χ0v) is 11.5. The fourth-order valence-electron chi connectivity index (χ4n) is 2.16. The number of thiazole rings is 1. The van der Waals surface area contributed by atoms with Crippen LogP contribution in [0.15, 0.2) is 0 Å². The number of rotatable bonds is 3. The van der Waals surface area contributed by atoms with E-state index in [1.54, 1.807) is 11.3 Å². The van der Waals surface area contributed by atoms with Gasteiger partial charge >= 0.3 is 5.97 Å². The molecule has 0 radical (unpaired) electrons. The maximum absolute atomic E-state index is 11.4. The highest BCUT2D eigenvalue weighted by molar-refractivity contribution is 7.11. The van der Waals surface area contributed by atoms with Gasteiger partial charge in [-0.15, -0.1) is 11.3 Å². The molecule has 1 aliphatic rings. The number of ether oxygens (including phenoxy) is 1. The van der Waals surface area contributed by atoms with Gasteiger partial charge in [-0.25, -0.2) is 4.98 Å². The number of esters is 1. The molecule has 1 aliphatic carbocycles. The van der Waals surface area contributed by atoms with E-state index in [0.29, 0.717) is 18.4 Å². The summed E-state index contributed by atoms with van der Waals surface area (Å²) in [5.74, 6) is -0.169. The van der Waals surface area contributed by atoms with Crippen molar-refractivity contribution in [3.05, 3.63) is 15.6 Å². The van der Waals surface area contributed by atoms with Gasteiger partial charge in [-0.3, -0.25) is 4.79 Å². The maximum atomic E-state index is 11.4. The summed E-state index contributed by atoms with van der Waals surface area (Å²) in [7, 11) is 0. The van der Waals surface area contributed by atoms with Crippen molar-refractivity contribution in [3.8, 4) is 0 Å². The Kier molecular flexibility index (Phi) is 3.52. The Balaban J connectivity index is 2.08. The first-order valence-electron chi connectivity index (χ1n) is 6.13. The molecule has 0 fully saturated rings. The quantitative estimate of drug-likeness (QED) is 0.778. The molecular formula is C13H19NO2S. The molecule has 0 spiro atoms. The van der Waals surface area contributed by atoms with Crippen LogP contribution in [0.4, 0.5) is 0 Å². The number of carbonyl (C=O) groups is 1. The molecular weight excluding hydrogens is 234 g/mol. The van der Waals surface area contributed by atoms with E-state index < -0.39 is 0 Å². The summed E-state index contributed by atoms with van der Waals surface area (Å²) in [6, 6.07) is 0. The van der Waals surface area contributed by atoms with Crippen molar-refractivity contribution < 1.29 is 9.53 Å². The van der Waals surface area contributed by atoms with E-state index in [-0.39, 0.29) is 5.97 Å². The monoisotopic (exact) mass is 253 g/mol. The number of aromatic nitrogens is 1. The average molecular weight is 253 g/mol. The predicted octanol–water partition coefficient (Wildman–Crippen LogP) is 2.76. The standard InChI is InChI=1S/C13H19NO2S/c1-4-16-12(15)7-11-14-9-5-6-13(2,3)8-10(9)17-11/h4-8H2,1-3H3. The van der Waals surface area contributed by atoms with Crippen molar-refractivity contribution in [2.75, 3.05) is 6.61 Å². The molecule has 1 heterocycles. The molecule has 0 unspecified atom stereocenters. The van der Waals surface area contributed by atoms with Gasteiger partial charge in [-0.2, -0.15) is 0 Å². The van der Waals surface area contributed by atoms with Crippen LogP contribution >= 0.6 is 11.3 Å². The molecule has 17 heavy (non-hydrogen) atoms. The number of fused-ring (bicyclic) bond motifs is 1. The molecule has 0 atom stereocenters. The van der Waals surface area contributed by atoms with E-state index in [9.17, 15) is 4.79 Å². The minimum Gasteiger partial charge on any atom is -0.466 e. The van der Waals surface area contributed by atoms with E-state index >= 15 is 0 Å². The summed E-state index contributed by atoms with van der Waals surface area (Å²) in [6.45, 7) is 6.85. The van der Waals surface area contributed by atoms with Gasteiger partial charge in [0.15, 0.2) is 0 Å². The summed E-state index contributed by atoms with van der Waals surface area (Å²) in [5, 5.41) is 0.908. The lowest BCUT2D eigenvalue weighted by Crippen LogP contribution is -2.20. The van der Waals surface area contributed by atoms with Gasteiger partial charge in [0.25, 0.3) is 0 Å². The van der Waals surface area contributed by atoms with Gasteiger partial charge in [0.05, 0.1) is 18.7 Å². The number of hydrogen-bond donors (Lipinski definition) is 0. The molecule has 0 saturated carbocycles. The Hall–Kier alpha value is -0.900. The Morgan fingerprint density at radius 3 is 3.00 bits per heavy atom. The molecule has 3 nitrogen and oxygen atoms in total. The van der Waals surface area contributed by atoms with E-state index in [1.807, 2.05) is 6.92 Å². The minimum absolute atomic E-state index is 0.169. The van der Waals surface area contributed by atoms with Crippen LogP contribution in [0.25, 0.3) is 0 Å². The van der Waals surface area contributed by atoms with Crippen LogP contribution in [0.3, 0.4) is 0 Å². The first kappa shape index (κ1) is 12.6. The van der Waals surface area contributed by atoms with Crippen molar-refractivity contribution in [1.82, 2.24) is 4.98 Å². The van der Waals surface area contributed by atoms with E-state index in [0.717, 1.165) is 17.8 Å². The molecule has 0 saturated heterocycles. The molecule has 0 aromatic carbocycles. The fraction of sp³-hybridized carbons (Fsp3) is 0.692. The topological polar surface area (TPSA) is 39.2 Å². The molecule has 0 amide bonds. The van der Waals surface area contributed by atoms with Crippen molar-refractivity contribution in [2.24, 2.45) is 5.41 Å². The van der Waals surface area contributed by atoms with Crippen LogP contribution in [-0.2, 0) is 28.8 Å². The lowest BCUT2D eigenvalue weighted by Gasteiger charge is -2.28. The van der Waals surface area contributed by atoms with Gasteiger partial charge in [-0.1, -0.05) is 13.8 Å². The van der Waals surface area contributed by atoms with Crippen molar-refractivity contribution >= 4 is 17.3 Å². The lowest BCUT2D eigenvalue weighted by atomic mass is 9.79. The molecule has 0 N–H and O–H groups in total. The molecule has 4 heteroatoms. The number of aryl methyl sites for hydroxylation is 1. The Labute approximate surface area is 106 Å². The number of nitrogens with zero attached hydrogens (tertiary/aromatic N) is 1. The summed E-state index contributed by atoms with van der Waals surface area (Å²) < 4.78 is 4.95. The van der Waals surface area contributed by atoms with Crippen LogP contribution in [-0.4, -0.2) is 17.6 Å². The molecule has 2 rings (SSSR count). The van der Waals surface area contributed by atoms with E-state index in [1.165, 1.54) is 17.0 Å². The highest BCUT2D eigenvalue weighted by atomic mass is 32.1. The van der Waals surface area contributed by atoms with Crippen LogP contribution in [0.2, 0.25) is 0 Å². The van der Waals surface area contributed by atoms with Gasteiger partial charge in [0.2, 0.25) is 0 Å². The first-order valence-corrected chi connectivity index (χ1v) is 6.95. The van der Waals surface area contributed by atoms with Crippen molar-refractivity contribution in [1.29, 1.82) is 0 Å². The molecule has 1 aromatic rings. The van der Waals surface area contributed by atoms with Gasteiger partial charge in [0.1, 0.15) is 5.01 Å². The summed E-state index contributed by atoms with van der Waals surface area (Å²) in [5.41, 5.74) is 1.58. The highest BCUT2D eigenvalue weighted by Crippen LogP contribution is 2.37. The summed E-state index contributed by atoms with van der Waals surface area (Å²) >= 11 is 1.68. The Bertz CT molecular complexity index is 423. The van der Waals surface area contributed by atoms with Crippen LogP contribution in [0, 0.1) is 5.41 Å². The van der Waals surface area contributed by atoms with Crippen LogP contribution < -0.4 is 0 Å². The second kappa shape index (κ2) is 4.77. The predicted molar refractivity (Wildman–Crippen MR) is 68.3 cm³/mol.